The normalized spacial score (nSPS) is 17.4. The Bertz CT molecular complexity index is 474. The fraction of sp³-hybridized carbons (Fsp3) is 0.429. The zero-order valence-electron chi connectivity index (χ0n) is 10.8. The SMILES string of the molecule is NCC(=O)NCC(=O)NC1CCc2ccccc2C1. The van der Waals surface area contributed by atoms with Crippen molar-refractivity contribution in [1.29, 1.82) is 0 Å². The second-order valence-corrected chi connectivity index (χ2v) is 4.76. The van der Waals surface area contributed by atoms with E-state index in [2.05, 4.69) is 22.8 Å². The van der Waals surface area contributed by atoms with Crippen LogP contribution in [0.3, 0.4) is 0 Å². The average molecular weight is 261 g/mol. The zero-order chi connectivity index (χ0) is 13.7. The Hall–Kier alpha value is -1.88. The van der Waals surface area contributed by atoms with E-state index in [1.807, 2.05) is 12.1 Å². The maximum absolute atomic E-state index is 11.7. The van der Waals surface area contributed by atoms with Crippen LogP contribution >= 0.6 is 0 Å². The van der Waals surface area contributed by atoms with Crippen LogP contribution in [0.2, 0.25) is 0 Å². The smallest absolute Gasteiger partial charge is 0.239 e. The molecule has 1 atom stereocenters. The highest BCUT2D eigenvalue weighted by Crippen LogP contribution is 2.20. The van der Waals surface area contributed by atoms with Gasteiger partial charge in [0.05, 0.1) is 13.1 Å². The van der Waals surface area contributed by atoms with E-state index in [1.54, 1.807) is 0 Å². The molecule has 0 heterocycles. The van der Waals surface area contributed by atoms with Crippen LogP contribution in [-0.4, -0.2) is 30.9 Å². The van der Waals surface area contributed by atoms with Gasteiger partial charge in [0, 0.05) is 6.04 Å². The molecule has 5 nitrogen and oxygen atoms in total. The Morgan fingerprint density at radius 2 is 1.95 bits per heavy atom. The van der Waals surface area contributed by atoms with Gasteiger partial charge < -0.3 is 16.4 Å². The van der Waals surface area contributed by atoms with Crippen molar-refractivity contribution in [2.45, 2.75) is 25.3 Å². The van der Waals surface area contributed by atoms with E-state index in [9.17, 15) is 9.59 Å². The Morgan fingerprint density at radius 1 is 1.21 bits per heavy atom. The number of hydrogen-bond donors (Lipinski definition) is 3. The number of fused-ring (bicyclic) bond motifs is 1. The molecule has 2 amide bonds. The number of amides is 2. The summed E-state index contributed by atoms with van der Waals surface area (Å²) in [6.45, 7) is -0.0989. The third kappa shape index (κ3) is 3.79. The van der Waals surface area contributed by atoms with E-state index < -0.39 is 0 Å². The Balaban J connectivity index is 1.82. The molecule has 0 saturated carbocycles. The predicted octanol–water partition coefficient (Wildman–Crippen LogP) is -0.265. The second kappa shape index (κ2) is 6.33. The summed E-state index contributed by atoms with van der Waals surface area (Å²) in [4.78, 5) is 22.6. The monoisotopic (exact) mass is 261 g/mol. The molecule has 0 spiro atoms. The quantitative estimate of drug-likeness (QED) is 0.698. The van der Waals surface area contributed by atoms with Crippen LogP contribution in [-0.2, 0) is 22.4 Å². The minimum Gasteiger partial charge on any atom is -0.351 e. The van der Waals surface area contributed by atoms with Gasteiger partial charge in [-0.15, -0.1) is 0 Å². The molecule has 19 heavy (non-hydrogen) atoms. The van der Waals surface area contributed by atoms with Crippen molar-refractivity contribution in [1.82, 2.24) is 10.6 Å². The first-order valence-corrected chi connectivity index (χ1v) is 6.52. The molecular formula is C14H19N3O2. The van der Waals surface area contributed by atoms with Crippen molar-refractivity contribution in [3.05, 3.63) is 35.4 Å². The van der Waals surface area contributed by atoms with E-state index in [1.165, 1.54) is 11.1 Å². The molecule has 0 aliphatic heterocycles. The van der Waals surface area contributed by atoms with E-state index in [0.717, 1.165) is 19.3 Å². The van der Waals surface area contributed by atoms with Gasteiger partial charge in [0.1, 0.15) is 0 Å². The van der Waals surface area contributed by atoms with Crippen LogP contribution < -0.4 is 16.4 Å². The lowest BCUT2D eigenvalue weighted by Gasteiger charge is -2.25. The highest BCUT2D eigenvalue weighted by Gasteiger charge is 2.19. The Morgan fingerprint density at radius 3 is 2.68 bits per heavy atom. The summed E-state index contributed by atoms with van der Waals surface area (Å²) in [6.07, 6.45) is 2.77. The van der Waals surface area contributed by atoms with Crippen LogP contribution in [0.1, 0.15) is 17.5 Å². The zero-order valence-corrected chi connectivity index (χ0v) is 10.8. The van der Waals surface area contributed by atoms with Crippen LogP contribution in [0.15, 0.2) is 24.3 Å². The molecule has 1 unspecified atom stereocenters. The van der Waals surface area contributed by atoms with Gasteiger partial charge in [0.2, 0.25) is 11.8 Å². The fourth-order valence-electron chi connectivity index (χ4n) is 2.35. The van der Waals surface area contributed by atoms with Crippen molar-refractivity contribution in [3.63, 3.8) is 0 Å². The molecular weight excluding hydrogens is 242 g/mol. The fourth-order valence-corrected chi connectivity index (χ4v) is 2.35. The van der Waals surface area contributed by atoms with Gasteiger partial charge in [-0.2, -0.15) is 0 Å². The van der Waals surface area contributed by atoms with Gasteiger partial charge in [-0.05, 0) is 30.4 Å². The van der Waals surface area contributed by atoms with Crippen molar-refractivity contribution in [2.75, 3.05) is 13.1 Å². The van der Waals surface area contributed by atoms with Gasteiger partial charge in [-0.3, -0.25) is 9.59 Å². The van der Waals surface area contributed by atoms with Crippen molar-refractivity contribution < 1.29 is 9.59 Å². The van der Waals surface area contributed by atoms with Crippen molar-refractivity contribution in [2.24, 2.45) is 5.73 Å². The first kappa shape index (κ1) is 13.5. The largest absolute Gasteiger partial charge is 0.351 e. The summed E-state index contributed by atoms with van der Waals surface area (Å²) < 4.78 is 0. The van der Waals surface area contributed by atoms with Crippen LogP contribution in [0.4, 0.5) is 0 Å². The summed E-state index contributed by atoms with van der Waals surface area (Å²) in [5.41, 5.74) is 7.81. The molecule has 102 valence electrons. The third-order valence-corrected chi connectivity index (χ3v) is 3.34. The minimum absolute atomic E-state index is 0.00577. The summed E-state index contributed by atoms with van der Waals surface area (Å²) in [7, 11) is 0. The highest BCUT2D eigenvalue weighted by atomic mass is 16.2. The van der Waals surface area contributed by atoms with E-state index in [4.69, 9.17) is 5.73 Å². The number of benzene rings is 1. The van der Waals surface area contributed by atoms with Crippen LogP contribution in [0, 0.1) is 0 Å². The van der Waals surface area contributed by atoms with Gasteiger partial charge in [-0.25, -0.2) is 0 Å². The lowest BCUT2D eigenvalue weighted by atomic mass is 9.88. The van der Waals surface area contributed by atoms with Crippen LogP contribution in [0.25, 0.3) is 0 Å². The summed E-state index contributed by atoms with van der Waals surface area (Å²) in [5.74, 6) is -0.477. The van der Waals surface area contributed by atoms with Gasteiger partial charge in [0.25, 0.3) is 0 Å². The molecule has 1 aromatic rings. The van der Waals surface area contributed by atoms with Crippen LogP contribution in [0.5, 0.6) is 0 Å². The number of hydrogen-bond acceptors (Lipinski definition) is 3. The topological polar surface area (TPSA) is 84.2 Å². The molecule has 5 heteroatoms. The lowest BCUT2D eigenvalue weighted by molar-refractivity contribution is -0.125. The van der Waals surface area contributed by atoms with Gasteiger partial charge in [-0.1, -0.05) is 24.3 Å². The lowest BCUT2D eigenvalue weighted by Crippen LogP contribution is -2.45. The molecule has 0 aromatic heterocycles. The van der Waals surface area contributed by atoms with Gasteiger partial charge >= 0.3 is 0 Å². The molecule has 0 fully saturated rings. The maximum atomic E-state index is 11.7. The summed E-state index contributed by atoms with van der Waals surface area (Å²) >= 11 is 0. The standard InChI is InChI=1S/C14H19N3O2/c15-8-13(18)16-9-14(19)17-12-6-5-10-3-1-2-4-11(10)7-12/h1-4,12H,5-9,15H2,(H,16,18)(H,17,19). The minimum atomic E-state index is -0.316. The van der Waals surface area contributed by atoms with Gasteiger partial charge in [0.15, 0.2) is 0 Å². The molecule has 0 bridgehead atoms. The highest BCUT2D eigenvalue weighted by molar-refractivity contribution is 5.85. The first-order valence-electron chi connectivity index (χ1n) is 6.52. The number of nitrogens with two attached hydrogens (primary N) is 1. The first-order chi connectivity index (χ1) is 9.19. The maximum Gasteiger partial charge on any atom is 0.239 e. The molecule has 4 N–H and O–H groups in total. The van der Waals surface area contributed by atoms with Crippen molar-refractivity contribution >= 4 is 11.8 Å². The number of carbonyl (C=O) groups excluding carboxylic acids is 2. The number of nitrogens with one attached hydrogen (secondary N) is 2. The van der Waals surface area contributed by atoms with E-state index in [0.29, 0.717) is 0 Å². The average Bonchev–Trinajstić information content (AvgIpc) is 2.44. The Labute approximate surface area is 112 Å². The third-order valence-electron chi connectivity index (χ3n) is 3.34. The van der Waals surface area contributed by atoms with E-state index in [-0.39, 0.29) is 30.9 Å². The summed E-state index contributed by atoms with van der Waals surface area (Å²) in [6, 6.07) is 8.45. The number of carbonyl (C=O) groups is 2. The number of aryl methyl sites for hydroxylation is 1. The predicted molar refractivity (Wildman–Crippen MR) is 72.5 cm³/mol. The van der Waals surface area contributed by atoms with E-state index >= 15 is 0 Å². The summed E-state index contributed by atoms with van der Waals surface area (Å²) in [5, 5.41) is 5.41. The number of rotatable bonds is 4. The molecule has 1 aliphatic carbocycles. The molecule has 0 radical (unpaired) electrons. The Kier molecular flexibility index (Phi) is 4.52. The molecule has 1 aromatic carbocycles. The molecule has 1 aliphatic rings. The molecule has 2 rings (SSSR count). The molecule has 0 saturated heterocycles. The second-order valence-electron chi connectivity index (χ2n) is 4.76. The van der Waals surface area contributed by atoms with Crippen molar-refractivity contribution in [3.8, 4) is 0 Å².